The molecule has 2 aromatic carbocycles. The zero-order valence-electron chi connectivity index (χ0n) is 17.0. The van der Waals surface area contributed by atoms with Crippen molar-refractivity contribution in [1.82, 2.24) is 10.2 Å². The number of nitrogens with zero attached hydrogens (tertiary/aromatic N) is 2. The fraction of sp³-hybridized carbons (Fsp3) is 0.435. The Hall–Kier alpha value is -2.53. The van der Waals surface area contributed by atoms with Gasteiger partial charge in [0.15, 0.2) is 0 Å². The lowest BCUT2D eigenvalue weighted by Gasteiger charge is -2.37. The molecule has 1 N–H and O–H groups in total. The minimum absolute atomic E-state index is 0.0192. The van der Waals surface area contributed by atoms with Gasteiger partial charge >= 0.3 is 0 Å². The molecule has 28 heavy (non-hydrogen) atoms. The molecular formula is C23H29N3O2. The highest BCUT2D eigenvalue weighted by molar-refractivity contribution is 5.94. The number of benzene rings is 2. The number of carbonyl (C=O) groups excluding carboxylic acids is 1. The smallest absolute Gasteiger partial charge is 0.251 e. The summed E-state index contributed by atoms with van der Waals surface area (Å²) in [6, 6.07) is 12.0. The van der Waals surface area contributed by atoms with E-state index in [4.69, 9.17) is 4.74 Å². The molecule has 2 heterocycles. The quantitative estimate of drug-likeness (QED) is 0.891. The van der Waals surface area contributed by atoms with Crippen molar-refractivity contribution >= 4 is 11.6 Å². The number of aryl methyl sites for hydroxylation is 2. The van der Waals surface area contributed by atoms with Gasteiger partial charge in [0, 0.05) is 49.4 Å². The third kappa shape index (κ3) is 3.85. The molecule has 0 radical (unpaired) electrons. The number of fused-ring (bicyclic) bond motifs is 1. The number of piperazine rings is 1. The van der Waals surface area contributed by atoms with Gasteiger partial charge in [0.2, 0.25) is 0 Å². The average Bonchev–Trinajstić information content (AvgIpc) is 2.70. The molecule has 0 bridgehead atoms. The Morgan fingerprint density at radius 2 is 1.75 bits per heavy atom. The van der Waals surface area contributed by atoms with Crippen LogP contribution in [0.3, 0.4) is 0 Å². The maximum Gasteiger partial charge on any atom is 0.251 e. The van der Waals surface area contributed by atoms with Crippen LogP contribution >= 0.6 is 0 Å². The predicted molar refractivity (Wildman–Crippen MR) is 113 cm³/mol. The largest absolute Gasteiger partial charge is 0.491 e. The average molecular weight is 380 g/mol. The summed E-state index contributed by atoms with van der Waals surface area (Å²) in [6.45, 7) is 8.80. The summed E-state index contributed by atoms with van der Waals surface area (Å²) in [4.78, 5) is 17.5. The van der Waals surface area contributed by atoms with Gasteiger partial charge in [-0.3, -0.25) is 4.79 Å². The Kier molecular flexibility index (Phi) is 5.27. The van der Waals surface area contributed by atoms with Crippen LogP contribution in [0.2, 0.25) is 0 Å². The number of anilines is 1. The highest BCUT2D eigenvalue weighted by Gasteiger charge is 2.28. The predicted octanol–water partition coefficient (Wildman–Crippen LogP) is 2.79. The number of carbonyl (C=O) groups is 1. The van der Waals surface area contributed by atoms with Gasteiger partial charge in [0.05, 0.1) is 6.04 Å². The number of rotatable bonds is 3. The van der Waals surface area contributed by atoms with E-state index in [2.05, 4.69) is 41.2 Å². The van der Waals surface area contributed by atoms with Crippen molar-refractivity contribution in [3.05, 3.63) is 58.7 Å². The first-order chi connectivity index (χ1) is 13.5. The van der Waals surface area contributed by atoms with Gasteiger partial charge < -0.3 is 19.9 Å². The molecule has 5 heteroatoms. The van der Waals surface area contributed by atoms with E-state index >= 15 is 0 Å². The summed E-state index contributed by atoms with van der Waals surface area (Å²) in [5.41, 5.74) is 5.49. The van der Waals surface area contributed by atoms with Crippen molar-refractivity contribution in [2.45, 2.75) is 26.3 Å². The molecule has 2 aliphatic heterocycles. The molecule has 1 saturated heterocycles. The van der Waals surface area contributed by atoms with Crippen LogP contribution in [0.5, 0.6) is 5.75 Å². The lowest BCUT2D eigenvalue weighted by molar-refractivity contribution is 0.0915. The Bertz CT molecular complexity index is 855. The molecule has 0 aliphatic carbocycles. The molecule has 2 aromatic rings. The van der Waals surface area contributed by atoms with E-state index in [1.165, 1.54) is 11.3 Å². The molecule has 5 nitrogen and oxygen atoms in total. The number of hydrogen-bond donors (Lipinski definition) is 1. The van der Waals surface area contributed by atoms with Crippen molar-refractivity contribution in [3.8, 4) is 5.75 Å². The first-order valence-corrected chi connectivity index (χ1v) is 10.1. The van der Waals surface area contributed by atoms with Gasteiger partial charge in [-0.05, 0) is 44.7 Å². The van der Waals surface area contributed by atoms with E-state index in [0.717, 1.165) is 49.5 Å². The van der Waals surface area contributed by atoms with Crippen LogP contribution in [-0.4, -0.2) is 56.7 Å². The lowest BCUT2D eigenvalue weighted by atomic mass is 9.96. The second-order valence-corrected chi connectivity index (χ2v) is 8.05. The SMILES string of the molecule is Cc1ccc(C(=O)N[C@@H]2COc3c(C)ccc(N4CCN(C)CC4)c3C2)cc1. The van der Waals surface area contributed by atoms with Crippen LogP contribution in [0, 0.1) is 13.8 Å². The summed E-state index contributed by atoms with van der Waals surface area (Å²) in [7, 11) is 2.17. The molecular weight excluding hydrogens is 350 g/mol. The number of amides is 1. The van der Waals surface area contributed by atoms with Crippen LogP contribution in [0.15, 0.2) is 36.4 Å². The van der Waals surface area contributed by atoms with Crippen molar-refractivity contribution < 1.29 is 9.53 Å². The molecule has 4 rings (SSSR count). The van der Waals surface area contributed by atoms with Gasteiger partial charge in [-0.1, -0.05) is 23.8 Å². The Labute approximate surface area is 167 Å². The van der Waals surface area contributed by atoms with Gasteiger partial charge in [0.25, 0.3) is 5.91 Å². The van der Waals surface area contributed by atoms with Gasteiger partial charge in [-0.25, -0.2) is 0 Å². The Morgan fingerprint density at radius 3 is 2.46 bits per heavy atom. The normalized spacial score (nSPS) is 19.7. The molecule has 0 aromatic heterocycles. The Morgan fingerprint density at radius 1 is 1.04 bits per heavy atom. The monoisotopic (exact) mass is 379 g/mol. The third-order valence-electron chi connectivity index (χ3n) is 5.80. The summed E-state index contributed by atoms with van der Waals surface area (Å²) < 4.78 is 6.12. The maximum atomic E-state index is 12.6. The zero-order chi connectivity index (χ0) is 19.7. The molecule has 148 valence electrons. The second-order valence-electron chi connectivity index (χ2n) is 8.05. The fourth-order valence-corrected chi connectivity index (χ4v) is 4.03. The van der Waals surface area contributed by atoms with Gasteiger partial charge in [0.1, 0.15) is 12.4 Å². The van der Waals surface area contributed by atoms with Crippen LogP contribution in [0.4, 0.5) is 5.69 Å². The lowest BCUT2D eigenvalue weighted by Crippen LogP contribution is -2.46. The van der Waals surface area contributed by atoms with E-state index in [1.807, 2.05) is 31.2 Å². The fourth-order valence-electron chi connectivity index (χ4n) is 4.03. The highest BCUT2D eigenvalue weighted by Crippen LogP contribution is 2.36. The molecule has 2 aliphatic rings. The summed E-state index contributed by atoms with van der Waals surface area (Å²) in [5, 5.41) is 3.16. The summed E-state index contributed by atoms with van der Waals surface area (Å²) in [6.07, 6.45) is 0.802. The van der Waals surface area contributed by atoms with Crippen molar-refractivity contribution in [2.24, 2.45) is 0 Å². The van der Waals surface area contributed by atoms with Crippen LogP contribution in [0.25, 0.3) is 0 Å². The maximum absolute atomic E-state index is 12.6. The van der Waals surface area contributed by atoms with Crippen molar-refractivity contribution in [1.29, 1.82) is 0 Å². The van der Waals surface area contributed by atoms with E-state index in [0.29, 0.717) is 12.2 Å². The molecule has 1 fully saturated rings. The number of nitrogens with one attached hydrogen (secondary N) is 1. The van der Waals surface area contributed by atoms with Crippen molar-refractivity contribution in [2.75, 3.05) is 44.7 Å². The number of ether oxygens (including phenoxy) is 1. The Balaban J connectivity index is 1.52. The van der Waals surface area contributed by atoms with Crippen LogP contribution in [-0.2, 0) is 6.42 Å². The second kappa shape index (κ2) is 7.84. The molecule has 1 atom stereocenters. The van der Waals surface area contributed by atoms with Gasteiger partial charge in [-0.2, -0.15) is 0 Å². The molecule has 0 saturated carbocycles. The first kappa shape index (κ1) is 18.8. The van der Waals surface area contributed by atoms with Crippen LogP contribution in [0.1, 0.15) is 27.0 Å². The zero-order valence-corrected chi connectivity index (χ0v) is 17.0. The summed E-state index contributed by atoms with van der Waals surface area (Å²) in [5.74, 6) is 0.961. The molecule has 1 amide bonds. The van der Waals surface area contributed by atoms with Crippen molar-refractivity contribution in [3.63, 3.8) is 0 Å². The molecule has 0 spiro atoms. The van der Waals surface area contributed by atoms with E-state index in [1.54, 1.807) is 0 Å². The number of hydrogen-bond acceptors (Lipinski definition) is 4. The third-order valence-corrected chi connectivity index (χ3v) is 5.80. The van der Waals surface area contributed by atoms with Gasteiger partial charge in [-0.15, -0.1) is 0 Å². The van der Waals surface area contributed by atoms with E-state index in [-0.39, 0.29) is 11.9 Å². The van der Waals surface area contributed by atoms with E-state index in [9.17, 15) is 4.79 Å². The highest BCUT2D eigenvalue weighted by atomic mass is 16.5. The topological polar surface area (TPSA) is 44.8 Å². The standard InChI is InChI=1S/C23H29N3O2/c1-16-4-7-18(8-5-16)23(27)24-19-14-20-21(26-12-10-25(3)11-13-26)9-6-17(2)22(20)28-15-19/h4-9,19H,10-15H2,1-3H3,(H,24,27)/t19-/m0/s1. The first-order valence-electron chi connectivity index (χ1n) is 10.1. The number of likely N-dealkylation sites (N-methyl/N-ethyl adjacent to an activating group) is 1. The van der Waals surface area contributed by atoms with E-state index < -0.39 is 0 Å². The van der Waals surface area contributed by atoms with Crippen LogP contribution < -0.4 is 15.0 Å². The minimum atomic E-state index is -0.0362. The summed E-state index contributed by atoms with van der Waals surface area (Å²) >= 11 is 0. The minimum Gasteiger partial charge on any atom is -0.491 e. The molecule has 0 unspecified atom stereocenters.